The molecule has 0 aromatic heterocycles. The molecule has 0 aliphatic heterocycles. The molecule has 0 bridgehead atoms. The van der Waals surface area contributed by atoms with E-state index in [1.165, 1.54) is 6.07 Å². The fourth-order valence-corrected chi connectivity index (χ4v) is 1.70. The van der Waals surface area contributed by atoms with Crippen LogP contribution >= 0.6 is 11.6 Å². The fourth-order valence-electron chi connectivity index (χ4n) is 1.57. The third-order valence-corrected chi connectivity index (χ3v) is 2.89. The van der Waals surface area contributed by atoms with Gasteiger partial charge in [0.15, 0.2) is 0 Å². The highest BCUT2D eigenvalue weighted by atomic mass is 35.5. The average molecular weight is 271 g/mol. The fraction of sp³-hybridized carbons (Fsp3) is 0.417. The summed E-state index contributed by atoms with van der Waals surface area (Å²) in [6, 6.07) is 4.84. The monoisotopic (exact) mass is 270 g/mol. The van der Waals surface area contributed by atoms with Gasteiger partial charge in [0, 0.05) is 30.5 Å². The van der Waals surface area contributed by atoms with Gasteiger partial charge >= 0.3 is 0 Å². The van der Waals surface area contributed by atoms with Crippen molar-refractivity contribution >= 4 is 23.2 Å². The first-order chi connectivity index (χ1) is 8.56. The van der Waals surface area contributed by atoms with Crippen molar-refractivity contribution in [2.45, 2.75) is 26.3 Å². The number of halogens is 1. The average Bonchev–Trinajstić information content (AvgIpc) is 2.34. The zero-order valence-electron chi connectivity index (χ0n) is 10.1. The molecule has 0 aliphatic rings. The summed E-state index contributed by atoms with van der Waals surface area (Å²) in [6.07, 6.45) is 0.999. The van der Waals surface area contributed by atoms with Crippen LogP contribution in [0.1, 0.15) is 24.0 Å². The number of nitro benzene ring substituents is 1. The van der Waals surface area contributed by atoms with Crippen molar-refractivity contribution in [3.63, 3.8) is 0 Å². The number of carbonyl (C=O) groups is 1. The number of hydrogen-bond donors (Lipinski definition) is 1. The molecule has 0 saturated heterocycles. The van der Waals surface area contributed by atoms with Crippen LogP contribution in [0.3, 0.4) is 0 Å². The van der Waals surface area contributed by atoms with Crippen LogP contribution in [0.25, 0.3) is 0 Å². The van der Waals surface area contributed by atoms with Gasteiger partial charge in [-0.05, 0) is 18.9 Å². The lowest BCUT2D eigenvalue weighted by atomic mass is 10.1. The van der Waals surface area contributed by atoms with E-state index in [4.69, 9.17) is 11.6 Å². The van der Waals surface area contributed by atoms with E-state index in [1.54, 1.807) is 19.1 Å². The van der Waals surface area contributed by atoms with E-state index in [1.807, 2.05) is 0 Å². The highest BCUT2D eigenvalue weighted by Crippen LogP contribution is 2.20. The normalized spacial score (nSPS) is 10.1. The molecule has 5 nitrogen and oxygen atoms in total. The number of nitrogens with one attached hydrogen (secondary N) is 1. The number of alkyl halides is 1. The van der Waals surface area contributed by atoms with Crippen molar-refractivity contribution in [3.05, 3.63) is 39.4 Å². The molecule has 1 amide bonds. The zero-order chi connectivity index (χ0) is 13.5. The molecule has 0 radical (unpaired) electrons. The predicted molar refractivity (Wildman–Crippen MR) is 69.6 cm³/mol. The van der Waals surface area contributed by atoms with Crippen LogP contribution in [-0.2, 0) is 11.3 Å². The smallest absolute Gasteiger partial charge is 0.272 e. The third-order valence-electron chi connectivity index (χ3n) is 2.63. The van der Waals surface area contributed by atoms with Crippen molar-refractivity contribution in [2.24, 2.45) is 0 Å². The molecule has 98 valence electrons. The Morgan fingerprint density at radius 2 is 2.22 bits per heavy atom. The molecule has 18 heavy (non-hydrogen) atoms. The van der Waals surface area contributed by atoms with Crippen LogP contribution in [0, 0.1) is 17.0 Å². The minimum absolute atomic E-state index is 0.0718. The van der Waals surface area contributed by atoms with Crippen molar-refractivity contribution < 1.29 is 9.72 Å². The van der Waals surface area contributed by atoms with Gasteiger partial charge in [0.05, 0.1) is 4.92 Å². The molecule has 1 aromatic carbocycles. The Morgan fingerprint density at radius 1 is 1.50 bits per heavy atom. The first-order valence-corrected chi connectivity index (χ1v) is 6.15. The van der Waals surface area contributed by atoms with Crippen molar-refractivity contribution in [2.75, 3.05) is 5.88 Å². The molecule has 0 saturated carbocycles. The molecule has 1 N–H and O–H groups in total. The maximum Gasteiger partial charge on any atom is 0.272 e. The summed E-state index contributed by atoms with van der Waals surface area (Å²) in [5.74, 6) is 0.352. The summed E-state index contributed by atoms with van der Waals surface area (Å²) in [6.45, 7) is 1.98. The molecule has 0 unspecified atom stereocenters. The van der Waals surface area contributed by atoms with Gasteiger partial charge in [-0.3, -0.25) is 14.9 Å². The molecular formula is C12H15ClN2O3. The minimum Gasteiger partial charge on any atom is -0.352 e. The van der Waals surface area contributed by atoms with Gasteiger partial charge in [0.25, 0.3) is 5.69 Å². The topological polar surface area (TPSA) is 72.2 Å². The third kappa shape index (κ3) is 4.00. The lowest BCUT2D eigenvalue weighted by Crippen LogP contribution is -2.23. The van der Waals surface area contributed by atoms with Crippen LogP contribution in [0.15, 0.2) is 18.2 Å². The predicted octanol–water partition coefficient (Wildman–Crippen LogP) is 2.54. The van der Waals surface area contributed by atoms with E-state index in [-0.39, 0.29) is 11.6 Å². The molecule has 1 aromatic rings. The summed E-state index contributed by atoms with van der Waals surface area (Å²) >= 11 is 5.49. The van der Waals surface area contributed by atoms with Crippen LogP contribution < -0.4 is 5.32 Å². The van der Waals surface area contributed by atoms with Crippen LogP contribution in [0.5, 0.6) is 0 Å². The molecule has 0 spiro atoms. The number of nitro groups is 1. The summed E-state index contributed by atoms with van der Waals surface area (Å²) in [5.41, 5.74) is 1.41. The van der Waals surface area contributed by atoms with Gasteiger partial charge in [-0.15, -0.1) is 11.6 Å². The number of amides is 1. The number of hydrogen-bond acceptors (Lipinski definition) is 3. The van der Waals surface area contributed by atoms with Crippen molar-refractivity contribution in [1.29, 1.82) is 0 Å². The summed E-state index contributed by atoms with van der Waals surface area (Å²) in [7, 11) is 0. The second-order valence-corrected chi connectivity index (χ2v) is 4.27. The van der Waals surface area contributed by atoms with Gasteiger partial charge in [-0.25, -0.2) is 0 Å². The van der Waals surface area contributed by atoms with Crippen LogP contribution in [0.4, 0.5) is 5.69 Å². The quantitative estimate of drug-likeness (QED) is 0.490. The van der Waals surface area contributed by atoms with E-state index < -0.39 is 4.92 Å². The maximum atomic E-state index is 11.4. The molecule has 0 aliphatic carbocycles. The summed E-state index contributed by atoms with van der Waals surface area (Å²) in [4.78, 5) is 21.7. The minimum atomic E-state index is -0.422. The van der Waals surface area contributed by atoms with Gasteiger partial charge in [0.2, 0.25) is 5.91 Å². The van der Waals surface area contributed by atoms with Crippen LogP contribution in [-0.4, -0.2) is 16.7 Å². The Balaban J connectivity index is 2.65. The molecule has 6 heteroatoms. The Labute approximate surface area is 110 Å². The highest BCUT2D eigenvalue weighted by Gasteiger charge is 2.13. The van der Waals surface area contributed by atoms with E-state index in [9.17, 15) is 14.9 Å². The molecule has 0 fully saturated rings. The van der Waals surface area contributed by atoms with Crippen LogP contribution in [0.2, 0.25) is 0 Å². The molecular weight excluding hydrogens is 256 g/mol. The Morgan fingerprint density at radius 3 is 2.83 bits per heavy atom. The SMILES string of the molecule is Cc1c(CNC(=O)CCCCl)cccc1[N+](=O)[O-]. The second-order valence-electron chi connectivity index (χ2n) is 3.89. The molecule has 1 rings (SSSR count). The summed E-state index contributed by atoms with van der Waals surface area (Å²) in [5, 5.41) is 13.5. The standard InChI is InChI=1S/C12H15ClN2O3/c1-9-10(4-2-5-11(9)15(17)18)8-14-12(16)6-3-7-13/h2,4-5H,3,6-8H2,1H3,(H,14,16). The van der Waals surface area contributed by atoms with Crippen molar-refractivity contribution in [1.82, 2.24) is 5.32 Å². The van der Waals surface area contributed by atoms with E-state index in [0.29, 0.717) is 30.8 Å². The van der Waals surface area contributed by atoms with Gasteiger partial charge in [-0.2, -0.15) is 0 Å². The van der Waals surface area contributed by atoms with Crippen molar-refractivity contribution in [3.8, 4) is 0 Å². The van der Waals surface area contributed by atoms with E-state index in [2.05, 4.69) is 5.32 Å². The van der Waals surface area contributed by atoms with E-state index in [0.717, 1.165) is 5.56 Å². The zero-order valence-corrected chi connectivity index (χ0v) is 10.9. The first-order valence-electron chi connectivity index (χ1n) is 5.61. The summed E-state index contributed by atoms with van der Waals surface area (Å²) < 4.78 is 0. The Hall–Kier alpha value is -1.62. The lowest BCUT2D eigenvalue weighted by molar-refractivity contribution is -0.385. The maximum absolute atomic E-state index is 11.4. The number of nitrogens with zero attached hydrogens (tertiary/aromatic N) is 1. The van der Waals surface area contributed by atoms with E-state index >= 15 is 0 Å². The molecule has 0 atom stereocenters. The molecule has 0 heterocycles. The lowest BCUT2D eigenvalue weighted by Gasteiger charge is -2.07. The largest absolute Gasteiger partial charge is 0.352 e. The Kier molecular flexibility index (Phi) is 5.58. The van der Waals surface area contributed by atoms with Gasteiger partial charge < -0.3 is 5.32 Å². The second kappa shape index (κ2) is 6.96. The number of carbonyl (C=O) groups excluding carboxylic acids is 1. The highest BCUT2D eigenvalue weighted by molar-refractivity contribution is 6.17. The first kappa shape index (κ1) is 14.4. The Bertz CT molecular complexity index is 449. The van der Waals surface area contributed by atoms with Gasteiger partial charge in [-0.1, -0.05) is 12.1 Å². The van der Waals surface area contributed by atoms with Gasteiger partial charge in [0.1, 0.15) is 0 Å². The number of benzene rings is 1. The number of rotatable bonds is 6.